The summed E-state index contributed by atoms with van der Waals surface area (Å²) >= 11 is 0. The zero-order valence-corrected chi connectivity index (χ0v) is 12.4. The monoisotopic (exact) mass is 261 g/mol. The first-order valence-electron chi connectivity index (χ1n) is 7.25. The van der Waals surface area contributed by atoms with Gasteiger partial charge >= 0.3 is 0 Å². The van der Waals surface area contributed by atoms with E-state index >= 15 is 0 Å². The van der Waals surface area contributed by atoms with Crippen LogP contribution in [0.5, 0.6) is 0 Å². The van der Waals surface area contributed by atoms with Gasteiger partial charge in [-0.3, -0.25) is 0 Å². The van der Waals surface area contributed by atoms with Gasteiger partial charge in [-0.1, -0.05) is 50.3 Å². The standard InChI is InChI=1S/C12H17NO.C5H10/c1-2-13-8-12(9-14)7-10-5-3-4-6-11(10)12;1-3-5-4-2/h3-6,13-14H,2,7-9H2,1H3;3,5H,4H2,1-2H3/b;5-3-. The first-order valence-corrected chi connectivity index (χ1v) is 7.25. The van der Waals surface area contributed by atoms with Crippen LogP contribution in [0.2, 0.25) is 0 Å². The van der Waals surface area contributed by atoms with Crippen molar-refractivity contribution in [3.8, 4) is 0 Å². The maximum atomic E-state index is 9.47. The van der Waals surface area contributed by atoms with Gasteiger partial charge in [0.2, 0.25) is 0 Å². The Morgan fingerprint density at radius 2 is 2.05 bits per heavy atom. The van der Waals surface area contributed by atoms with E-state index in [9.17, 15) is 5.11 Å². The molecule has 0 fully saturated rings. The molecule has 106 valence electrons. The molecular formula is C17H27NO. The Morgan fingerprint density at radius 3 is 2.53 bits per heavy atom. The minimum absolute atomic E-state index is 0.00734. The average Bonchev–Trinajstić information content (AvgIpc) is 2.42. The number of aliphatic hydroxyl groups excluding tert-OH is 1. The Labute approximate surface area is 117 Å². The van der Waals surface area contributed by atoms with Crippen LogP contribution in [-0.2, 0) is 11.8 Å². The van der Waals surface area contributed by atoms with Crippen molar-refractivity contribution in [2.45, 2.75) is 39.0 Å². The molecule has 1 unspecified atom stereocenters. The van der Waals surface area contributed by atoms with Gasteiger partial charge in [0.25, 0.3) is 0 Å². The molecule has 1 aromatic rings. The molecule has 2 nitrogen and oxygen atoms in total. The van der Waals surface area contributed by atoms with E-state index < -0.39 is 0 Å². The van der Waals surface area contributed by atoms with Crippen molar-refractivity contribution in [1.29, 1.82) is 0 Å². The molecule has 2 rings (SSSR count). The molecule has 1 aliphatic rings. The van der Waals surface area contributed by atoms with Crippen LogP contribution in [0.4, 0.5) is 0 Å². The number of hydrogen-bond acceptors (Lipinski definition) is 2. The van der Waals surface area contributed by atoms with Crippen LogP contribution in [-0.4, -0.2) is 24.8 Å². The SMILES string of the molecule is C/C=C\CC.CCNCC1(CO)Cc2ccccc21. The van der Waals surface area contributed by atoms with Crippen molar-refractivity contribution in [2.75, 3.05) is 19.7 Å². The molecule has 1 atom stereocenters. The summed E-state index contributed by atoms with van der Waals surface area (Å²) in [5.41, 5.74) is 2.70. The second-order valence-corrected chi connectivity index (χ2v) is 5.03. The predicted molar refractivity (Wildman–Crippen MR) is 82.6 cm³/mol. The van der Waals surface area contributed by atoms with Gasteiger partial charge in [-0.25, -0.2) is 0 Å². The van der Waals surface area contributed by atoms with Crippen molar-refractivity contribution in [3.05, 3.63) is 47.5 Å². The molecule has 0 bridgehead atoms. The number of hydrogen-bond donors (Lipinski definition) is 2. The van der Waals surface area contributed by atoms with Crippen LogP contribution < -0.4 is 5.32 Å². The number of nitrogens with one attached hydrogen (secondary N) is 1. The van der Waals surface area contributed by atoms with E-state index in [4.69, 9.17) is 0 Å². The molecule has 19 heavy (non-hydrogen) atoms. The second-order valence-electron chi connectivity index (χ2n) is 5.03. The van der Waals surface area contributed by atoms with Crippen molar-refractivity contribution in [3.63, 3.8) is 0 Å². The van der Waals surface area contributed by atoms with Crippen LogP contribution in [0.25, 0.3) is 0 Å². The molecular weight excluding hydrogens is 234 g/mol. The first-order chi connectivity index (χ1) is 9.24. The number of benzene rings is 1. The third-order valence-electron chi connectivity index (χ3n) is 3.61. The van der Waals surface area contributed by atoms with Gasteiger partial charge in [0.15, 0.2) is 0 Å². The maximum Gasteiger partial charge on any atom is 0.0543 e. The Balaban J connectivity index is 0.000000312. The van der Waals surface area contributed by atoms with Gasteiger partial charge in [-0.2, -0.15) is 0 Å². The van der Waals surface area contributed by atoms with Gasteiger partial charge in [0.1, 0.15) is 0 Å². The van der Waals surface area contributed by atoms with Gasteiger partial charge in [-0.05, 0) is 37.4 Å². The minimum Gasteiger partial charge on any atom is -0.395 e. The van der Waals surface area contributed by atoms with Crippen LogP contribution in [0.1, 0.15) is 38.3 Å². The highest BCUT2D eigenvalue weighted by atomic mass is 16.3. The Bertz CT molecular complexity index is 400. The molecule has 1 aromatic carbocycles. The summed E-state index contributed by atoms with van der Waals surface area (Å²) in [5.74, 6) is 0. The van der Waals surface area contributed by atoms with Gasteiger partial charge < -0.3 is 10.4 Å². The fourth-order valence-corrected chi connectivity index (χ4v) is 2.50. The fourth-order valence-electron chi connectivity index (χ4n) is 2.50. The maximum absolute atomic E-state index is 9.47. The molecule has 0 aromatic heterocycles. The highest BCUT2D eigenvalue weighted by Gasteiger charge is 2.41. The Kier molecular flexibility index (Phi) is 6.82. The summed E-state index contributed by atoms with van der Waals surface area (Å²) in [6.07, 6.45) is 6.35. The van der Waals surface area contributed by atoms with Crippen molar-refractivity contribution < 1.29 is 5.11 Å². The lowest BCUT2D eigenvalue weighted by Crippen LogP contribution is -2.49. The normalized spacial score (nSPS) is 20.4. The lowest BCUT2D eigenvalue weighted by molar-refractivity contribution is 0.169. The predicted octanol–water partition coefficient (Wildman–Crippen LogP) is 3.05. The summed E-state index contributed by atoms with van der Waals surface area (Å²) < 4.78 is 0. The Hall–Kier alpha value is -1.12. The van der Waals surface area contributed by atoms with E-state index in [0.29, 0.717) is 0 Å². The summed E-state index contributed by atoms with van der Waals surface area (Å²) in [5, 5.41) is 12.8. The highest BCUT2D eigenvalue weighted by molar-refractivity contribution is 5.45. The third-order valence-corrected chi connectivity index (χ3v) is 3.61. The zero-order chi connectivity index (χ0) is 14.1. The second kappa shape index (κ2) is 8.13. The molecule has 0 spiro atoms. The molecule has 0 radical (unpaired) electrons. The van der Waals surface area contributed by atoms with Gasteiger partial charge in [-0.15, -0.1) is 0 Å². The van der Waals surface area contributed by atoms with Crippen LogP contribution >= 0.6 is 0 Å². The fraction of sp³-hybridized carbons (Fsp3) is 0.529. The Morgan fingerprint density at radius 1 is 1.32 bits per heavy atom. The number of aliphatic hydroxyl groups is 1. The average molecular weight is 261 g/mol. The lowest BCUT2D eigenvalue weighted by atomic mass is 9.64. The smallest absolute Gasteiger partial charge is 0.0543 e. The van der Waals surface area contributed by atoms with E-state index in [1.165, 1.54) is 11.1 Å². The third kappa shape index (κ3) is 3.92. The van der Waals surface area contributed by atoms with E-state index in [-0.39, 0.29) is 12.0 Å². The van der Waals surface area contributed by atoms with Crippen molar-refractivity contribution >= 4 is 0 Å². The quantitative estimate of drug-likeness (QED) is 0.798. The summed E-state index contributed by atoms with van der Waals surface area (Å²) in [7, 11) is 0. The van der Waals surface area contributed by atoms with E-state index in [2.05, 4.69) is 49.5 Å². The molecule has 2 N–H and O–H groups in total. The van der Waals surface area contributed by atoms with E-state index in [1.807, 2.05) is 13.0 Å². The van der Waals surface area contributed by atoms with Crippen LogP contribution in [0.15, 0.2) is 36.4 Å². The van der Waals surface area contributed by atoms with Crippen LogP contribution in [0.3, 0.4) is 0 Å². The first kappa shape index (κ1) is 15.9. The van der Waals surface area contributed by atoms with Crippen LogP contribution in [0, 0.1) is 0 Å². The van der Waals surface area contributed by atoms with Gasteiger partial charge in [0, 0.05) is 12.0 Å². The molecule has 2 heteroatoms. The molecule has 0 amide bonds. The van der Waals surface area contributed by atoms with Crippen molar-refractivity contribution in [1.82, 2.24) is 5.32 Å². The summed E-state index contributed by atoms with van der Waals surface area (Å²) in [6.45, 7) is 8.34. The number of likely N-dealkylation sites (N-methyl/N-ethyl adjacent to an activating group) is 1. The van der Waals surface area contributed by atoms with E-state index in [1.54, 1.807) is 0 Å². The number of fused-ring (bicyclic) bond motifs is 1. The minimum atomic E-state index is -0.00734. The summed E-state index contributed by atoms with van der Waals surface area (Å²) in [6, 6.07) is 8.39. The number of rotatable bonds is 5. The van der Waals surface area contributed by atoms with Crippen molar-refractivity contribution in [2.24, 2.45) is 0 Å². The molecule has 0 heterocycles. The zero-order valence-electron chi connectivity index (χ0n) is 12.4. The molecule has 0 saturated heterocycles. The van der Waals surface area contributed by atoms with Gasteiger partial charge in [0.05, 0.1) is 6.61 Å². The molecule has 0 saturated carbocycles. The topological polar surface area (TPSA) is 32.3 Å². The summed E-state index contributed by atoms with van der Waals surface area (Å²) in [4.78, 5) is 0. The molecule has 0 aliphatic heterocycles. The lowest BCUT2D eigenvalue weighted by Gasteiger charge is -2.43. The largest absolute Gasteiger partial charge is 0.395 e. The number of allylic oxidation sites excluding steroid dienone is 2. The van der Waals surface area contributed by atoms with E-state index in [0.717, 1.165) is 25.9 Å². The highest BCUT2D eigenvalue weighted by Crippen LogP contribution is 2.40. The molecule has 1 aliphatic carbocycles.